The highest BCUT2D eigenvalue weighted by atomic mass is 35.5. The largest absolute Gasteiger partial charge is 0.472 e. The highest BCUT2D eigenvalue weighted by Crippen LogP contribution is 2.33. The van der Waals surface area contributed by atoms with Gasteiger partial charge in [0.15, 0.2) is 6.23 Å². The third-order valence-corrected chi connectivity index (χ3v) is 5.19. The van der Waals surface area contributed by atoms with E-state index in [1.165, 1.54) is 0 Å². The lowest BCUT2D eigenvalue weighted by atomic mass is 10.2. The summed E-state index contributed by atoms with van der Waals surface area (Å²) in [5.41, 5.74) is 1.32. The molecule has 3 aromatic rings. The molecule has 0 fully saturated rings. The van der Waals surface area contributed by atoms with Crippen LogP contribution in [0.2, 0.25) is 10.0 Å². The van der Waals surface area contributed by atoms with E-state index in [0.717, 1.165) is 5.69 Å². The van der Waals surface area contributed by atoms with Gasteiger partial charge in [0.05, 0.1) is 16.8 Å². The molecule has 0 aliphatic carbocycles. The standard InChI is InChI=1S/C23H24Cl2N6O2/c1-15(32)22(30(2)3)33-18-7-5-17(6-8-18)28-23-27-12-10-21(29-23)31(13-11-26)20-14-16(24)4-9-19(20)25/h4-10,12,14-15,22,32H,13H2,1-3H3,(H,27,28,29). The van der Waals surface area contributed by atoms with Gasteiger partial charge in [-0.3, -0.25) is 4.90 Å². The molecule has 8 nitrogen and oxygen atoms in total. The van der Waals surface area contributed by atoms with Crippen molar-refractivity contribution in [2.24, 2.45) is 0 Å². The van der Waals surface area contributed by atoms with E-state index in [0.29, 0.717) is 33.2 Å². The van der Waals surface area contributed by atoms with E-state index in [2.05, 4.69) is 21.4 Å². The molecule has 2 atom stereocenters. The summed E-state index contributed by atoms with van der Waals surface area (Å²) in [7, 11) is 3.67. The maximum Gasteiger partial charge on any atom is 0.229 e. The number of nitriles is 1. The number of rotatable bonds is 9. The van der Waals surface area contributed by atoms with E-state index in [9.17, 15) is 10.4 Å². The molecule has 33 heavy (non-hydrogen) atoms. The first-order valence-electron chi connectivity index (χ1n) is 10.1. The first-order chi connectivity index (χ1) is 15.8. The Balaban J connectivity index is 1.79. The van der Waals surface area contributed by atoms with Gasteiger partial charge >= 0.3 is 0 Å². The molecule has 0 spiro atoms. The summed E-state index contributed by atoms with van der Waals surface area (Å²) < 4.78 is 5.85. The number of aliphatic hydroxyl groups is 1. The minimum absolute atomic E-state index is 0.0267. The summed E-state index contributed by atoms with van der Waals surface area (Å²) in [5, 5.41) is 23.3. The topological polar surface area (TPSA) is 97.5 Å². The van der Waals surface area contributed by atoms with Crippen LogP contribution < -0.4 is 15.0 Å². The van der Waals surface area contributed by atoms with E-state index in [4.69, 9.17) is 27.9 Å². The molecule has 172 valence electrons. The van der Waals surface area contributed by atoms with Gasteiger partial charge in [-0.25, -0.2) is 4.98 Å². The van der Waals surface area contributed by atoms with Gasteiger partial charge in [-0.1, -0.05) is 23.2 Å². The van der Waals surface area contributed by atoms with Crippen molar-refractivity contribution < 1.29 is 9.84 Å². The Bertz CT molecular complexity index is 1110. The molecule has 0 radical (unpaired) electrons. The Morgan fingerprint density at radius 2 is 1.88 bits per heavy atom. The molecular weight excluding hydrogens is 463 g/mol. The van der Waals surface area contributed by atoms with E-state index in [-0.39, 0.29) is 6.54 Å². The number of hydrogen-bond donors (Lipinski definition) is 2. The first kappa shape index (κ1) is 24.6. The van der Waals surface area contributed by atoms with E-state index < -0.39 is 12.3 Å². The van der Waals surface area contributed by atoms with Gasteiger partial charge in [0.2, 0.25) is 5.95 Å². The monoisotopic (exact) mass is 486 g/mol. The molecule has 0 aliphatic heterocycles. The van der Waals surface area contributed by atoms with E-state index >= 15 is 0 Å². The number of aliphatic hydroxyl groups excluding tert-OH is 1. The van der Waals surface area contributed by atoms with Crippen molar-refractivity contribution >= 4 is 46.3 Å². The second-order valence-electron chi connectivity index (χ2n) is 7.44. The van der Waals surface area contributed by atoms with Crippen LogP contribution in [0, 0.1) is 11.3 Å². The van der Waals surface area contributed by atoms with Crippen LogP contribution >= 0.6 is 23.2 Å². The fraction of sp³-hybridized carbons (Fsp3) is 0.261. The molecule has 0 aliphatic rings. The third-order valence-electron chi connectivity index (χ3n) is 4.63. The minimum Gasteiger partial charge on any atom is -0.472 e. The zero-order valence-corrected chi connectivity index (χ0v) is 19.9. The zero-order valence-electron chi connectivity index (χ0n) is 18.4. The van der Waals surface area contributed by atoms with Crippen LogP contribution in [0.5, 0.6) is 5.75 Å². The van der Waals surface area contributed by atoms with Crippen molar-refractivity contribution in [1.29, 1.82) is 5.26 Å². The molecule has 10 heteroatoms. The molecule has 2 N–H and O–H groups in total. The van der Waals surface area contributed by atoms with Crippen molar-refractivity contribution in [2.45, 2.75) is 19.3 Å². The Kier molecular flexibility index (Phi) is 8.31. The van der Waals surface area contributed by atoms with E-state index in [1.807, 2.05) is 26.2 Å². The van der Waals surface area contributed by atoms with Crippen LogP contribution in [0.4, 0.5) is 23.1 Å². The SMILES string of the molecule is CC(O)C(Oc1ccc(Nc2nccc(N(CC#N)c3cc(Cl)ccc3Cl)n2)cc1)N(C)C. The number of ether oxygens (including phenoxy) is 1. The fourth-order valence-electron chi connectivity index (χ4n) is 3.13. The van der Waals surface area contributed by atoms with Gasteiger partial charge in [-0.15, -0.1) is 0 Å². The number of nitrogens with zero attached hydrogens (tertiary/aromatic N) is 5. The van der Waals surface area contributed by atoms with Gasteiger partial charge in [-0.05, 0) is 69.6 Å². The molecule has 0 saturated carbocycles. The minimum atomic E-state index is -0.654. The molecule has 1 aromatic heterocycles. The van der Waals surface area contributed by atoms with Crippen molar-refractivity contribution in [3.05, 3.63) is 64.8 Å². The van der Waals surface area contributed by atoms with Gasteiger partial charge in [0.1, 0.15) is 24.2 Å². The second kappa shape index (κ2) is 11.2. The number of benzene rings is 2. The molecule has 0 amide bonds. The maximum absolute atomic E-state index is 9.88. The van der Waals surface area contributed by atoms with Crippen LogP contribution in [0.1, 0.15) is 6.92 Å². The van der Waals surface area contributed by atoms with Gasteiger partial charge in [-0.2, -0.15) is 10.2 Å². The number of nitrogens with one attached hydrogen (secondary N) is 1. The van der Waals surface area contributed by atoms with Crippen LogP contribution in [0.25, 0.3) is 0 Å². The Morgan fingerprint density at radius 1 is 1.15 bits per heavy atom. The lowest BCUT2D eigenvalue weighted by Gasteiger charge is -2.27. The summed E-state index contributed by atoms with van der Waals surface area (Å²) >= 11 is 12.5. The number of hydrogen-bond acceptors (Lipinski definition) is 8. The average molecular weight is 487 g/mol. The molecule has 3 rings (SSSR count). The van der Waals surface area contributed by atoms with E-state index in [1.54, 1.807) is 59.3 Å². The van der Waals surface area contributed by atoms with Gasteiger partial charge in [0, 0.05) is 16.9 Å². The number of aromatic nitrogens is 2. The lowest BCUT2D eigenvalue weighted by Crippen LogP contribution is -2.42. The highest BCUT2D eigenvalue weighted by Gasteiger charge is 2.19. The third kappa shape index (κ3) is 6.46. The Hall–Kier alpha value is -3.09. The summed E-state index contributed by atoms with van der Waals surface area (Å²) in [6, 6.07) is 16.1. The molecule has 2 aromatic carbocycles. The number of anilines is 4. The average Bonchev–Trinajstić information content (AvgIpc) is 2.78. The van der Waals surface area contributed by atoms with Crippen LogP contribution in [-0.4, -0.2) is 52.9 Å². The predicted octanol–water partition coefficient (Wildman–Crippen LogP) is 4.84. The summed E-state index contributed by atoms with van der Waals surface area (Å²) in [4.78, 5) is 12.3. The van der Waals surface area contributed by atoms with Crippen LogP contribution in [-0.2, 0) is 0 Å². The van der Waals surface area contributed by atoms with Crippen molar-refractivity contribution in [3.8, 4) is 11.8 Å². The van der Waals surface area contributed by atoms with Gasteiger partial charge < -0.3 is 20.1 Å². The maximum atomic E-state index is 9.88. The van der Waals surface area contributed by atoms with Gasteiger partial charge in [0.25, 0.3) is 0 Å². The second-order valence-corrected chi connectivity index (χ2v) is 8.28. The molecule has 0 saturated heterocycles. The summed E-state index contributed by atoms with van der Waals surface area (Å²) in [5.74, 6) is 1.45. The summed E-state index contributed by atoms with van der Waals surface area (Å²) in [6.45, 7) is 1.70. The van der Waals surface area contributed by atoms with Crippen LogP contribution in [0.15, 0.2) is 54.7 Å². The molecule has 0 bridgehead atoms. The first-order valence-corrected chi connectivity index (χ1v) is 10.8. The van der Waals surface area contributed by atoms with Crippen molar-refractivity contribution in [1.82, 2.24) is 14.9 Å². The Labute approximate surface area is 203 Å². The number of likely N-dealkylation sites (N-methyl/N-ethyl adjacent to an activating group) is 1. The lowest BCUT2D eigenvalue weighted by molar-refractivity contribution is -0.0348. The molecule has 2 unspecified atom stereocenters. The number of halogens is 2. The molecular formula is C23H24Cl2N6O2. The normalized spacial score (nSPS) is 12.7. The van der Waals surface area contributed by atoms with Crippen molar-refractivity contribution in [2.75, 3.05) is 30.9 Å². The quantitative estimate of drug-likeness (QED) is 0.327. The smallest absolute Gasteiger partial charge is 0.229 e. The predicted molar refractivity (Wildman–Crippen MR) is 131 cm³/mol. The van der Waals surface area contributed by atoms with Crippen LogP contribution in [0.3, 0.4) is 0 Å². The van der Waals surface area contributed by atoms with Crippen molar-refractivity contribution in [3.63, 3.8) is 0 Å². The molecule has 1 heterocycles. The highest BCUT2D eigenvalue weighted by molar-refractivity contribution is 6.35. The zero-order chi connectivity index (χ0) is 24.0. The fourth-order valence-corrected chi connectivity index (χ4v) is 3.52. The summed E-state index contributed by atoms with van der Waals surface area (Å²) in [6.07, 6.45) is 0.474. The Morgan fingerprint density at radius 3 is 2.52 bits per heavy atom.